The van der Waals surface area contributed by atoms with Crippen LogP contribution in [0.4, 0.5) is 4.39 Å². The Bertz CT molecular complexity index is 601. The highest BCUT2D eigenvalue weighted by Crippen LogP contribution is 2.25. The molecule has 0 saturated carbocycles. The molecular weight excluding hydrogens is 333 g/mol. The maximum Gasteiger partial charge on any atom is 0.165 e. The SMILES string of the molecule is CC(C)NCc1cccc(F)c1OCc1ccccc1Br. The second-order valence-electron chi connectivity index (χ2n) is 5.14. The molecule has 0 amide bonds. The Balaban J connectivity index is 2.13. The van der Waals surface area contributed by atoms with Crippen LogP contribution in [-0.4, -0.2) is 6.04 Å². The summed E-state index contributed by atoms with van der Waals surface area (Å²) in [5.41, 5.74) is 1.82. The molecule has 0 bridgehead atoms. The van der Waals surface area contributed by atoms with E-state index in [0.29, 0.717) is 24.9 Å². The van der Waals surface area contributed by atoms with Gasteiger partial charge in [-0.3, -0.25) is 0 Å². The summed E-state index contributed by atoms with van der Waals surface area (Å²) in [7, 11) is 0. The maximum atomic E-state index is 14.0. The molecule has 2 nitrogen and oxygen atoms in total. The number of rotatable bonds is 6. The van der Waals surface area contributed by atoms with Crippen molar-refractivity contribution in [2.45, 2.75) is 33.0 Å². The quantitative estimate of drug-likeness (QED) is 0.816. The minimum Gasteiger partial charge on any atom is -0.485 e. The molecule has 0 atom stereocenters. The molecule has 0 saturated heterocycles. The zero-order chi connectivity index (χ0) is 15.2. The standard InChI is InChI=1S/C17H19BrFNO/c1-12(2)20-10-13-7-5-9-16(19)17(13)21-11-14-6-3-4-8-15(14)18/h3-9,12,20H,10-11H2,1-2H3. The molecule has 21 heavy (non-hydrogen) atoms. The molecule has 0 aliphatic rings. The number of benzene rings is 2. The Hall–Kier alpha value is -1.39. The van der Waals surface area contributed by atoms with E-state index < -0.39 is 0 Å². The molecule has 2 rings (SSSR count). The lowest BCUT2D eigenvalue weighted by Crippen LogP contribution is -2.22. The third-order valence-corrected chi connectivity index (χ3v) is 3.85. The first-order valence-corrected chi connectivity index (χ1v) is 7.74. The van der Waals surface area contributed by atoms with Gasteiger partial charge in [0, 0.05) is 28.2 Å². The van der Waals surface area contributed by atoms with E-state index in [1.165, 1.54) is 6.07 Å². The number of para-hydroxylation sites is 1. The van der Waals surface area contributed by atoms with Gasteiger partial charge in [0.1, 0.15) is 6.61 Å². The number of hydrogen-bond donors (Lipinski definition) is 1. The van der Waals surface area contributed by atoms with Gasteiger partial charge in [-0.15, -0.1) is 0 Å². The van der Waals surface area contributed by atoms with Crippen molar-refractivity contribution in [3.8, 4) is 5.75 Å². The summed E-state index contributed by atoms with van der Waals surface area (Å²) in [6, 6.07) is 13.1. The van der Waals surface area contributed by atoms with Gasteiger partial charge in [0.25, 0.3) is 0 Å². The minimum atomic E-state index is -0.329. The number of ether oxygens (including phenoxy) is 1. The van der Waals surface area contributed by atoms with Crippen LogP contribution in [0.15, 0.2) is 46.9 Å². The van der Waals surface area contributed by atoms with E-state index in [0.717, 1.165) is 15.6 Å². The van der Waals surface area contributed by atoms with E-state index in [4.69, 9.17) is 4.74 Å². The lowest BCUT2D eigenvalue weighted by Gasteiger charge is -2.15. The average molecular weight is 352 g/mol. The molecule has 0 fully saturated rings. The van der Waals surface area contributed by atoms with Crippen LogP contribution in [0.1, 0.15) is 25.0 Å². The van der Waals surface area contributed by atoms with Crippen LogP contribution in [0.5, 0.6) is 5.75 Å². The fraction of sp³-hybridized carbons (Fsp3) is 0.294. The summed E-state index contributed by atoms with van der Waals surface area (Å²) in [5, 5.41) is 3.28. The molecule has 112 valence electrons. The topological polar surface area (TPSA) is 21.3 Å². The highest BCUT2D eigenvalue weighted by Gasteiger charge is 2.11. The van der Waals surface area contributed by atoms with Crippen LogP contribution in [0.2, 0.25) is 0 Å². The van der Waals surface area contributed by atoms with Gasteiger partial charge in [0.2, 0.25) is 0 Å². The van der Waals surface area contributed by atoms with Crippen LogP contribution in [-0.2, 0) is 13.2 Å². The molecule has 0 unspecified atom stereocenters. The van der Waals surface area contributed by atoms with Gasteiger partial charge in [-0.25, -0.2) is 4.39 Å². The van der Waals surface area contributed by atoms with Crippen molar-refractivity contribution in [3.63, 3.8) is 0 Å². The zero-order valence-corrected chi connectivity index (χ0v) is 13.8. The van der Waals surface area contributed by atoms with Crippen molar-refractivity contribution in [3.05, 3.63) is 63.9 Å². The minimum absolute atomic E-state index is 0.321. The predicted molar refractivity (Wildman–Crippen MR) is 86.8 cm³/mol. The summed E-state index contributed by atoms with van der Waals surface area (Å²) in [5.74, 6) is -0.00786. The number of halogens is 2. The monoisotopic (exact) mass is 351 g/mol. The van der Waals surface area contributed by atoms with Gasteiger partial charge < -0.3 is 10.1 Å². The van der Waals surface area contributed by atoms with Gasteiger partial charge in [-0.1, -0.05) is 60.1 Å². The van der Waals surface area contributed by atoms with E-state index in [2.05, 4.69) is 35.1 Å². The first kappa shape index (κ1) is 16.0. The number of nitrogens with one attached hydrogen (secondary N) is 1. The van der Waals surface area contributed by atoms with Crippen molar-refractivity contribution in [1.82, 2.24) is 5.32 Å². The largest absolute Gasteiger partial charge is 0.485 e. The molecule has 2 aromatic rings. The molecule has 1 N–H and O–H groups in total. The van der Waals surface area contributed by atoms with E-state index in [-0.39, 0.29) is 5.82 Å². The van der Waals surface area contributed by atoms with Crippen LogP contribution in [0, 0.1) is 5.82 Å². The third-order valence-electron chi connectivity index (χ3n) is 3.08. The Labute approximate surface area is 133 Å². The van der Waals surface area contributed by atoms with Crippen molar-refractivity contribution in [1.29, 1.82) is 0 Å². The number of hydrogen-bond acceptors (Lipinski definition) is 2. The van der Waals surface area contributed by atoms with Crippen molar-refractivity contribution < 1.29 is 9.13 Å². The van der Waals surface area contributed by atoms with E-state index >= 15 is 0 Å². The van der Waals surface area contributed by atoms with Crippen LogP contribution < -0.4 is 10.1 Å². The molecular formula is C17H19BrFNO. The second kappa shape index (κ2) is 7.57. The van der Waals surface area contributed by atoms with E-state index in [1.807, 2.05) is 30.3 Å². The van der Waals surface area contributed by atoms with Gasteiger partial charge in [-0.2, -0.15) is 0 Å². The Kier molecular flexibility index (Phi) is 5.76. The van der Waals surface area contributed by atoms with Crippen molar-refractivity contribution >= 4 is 15.9 Å². The molecule has 0 aliphatic heterocycles. The molecule has 0 aliphatic carbocycles. The van der Waals surface area contributed by atoms with Crippen LogP contribution in [0.3, 0.4) is 0 Å². The summed E-state index contributed by atoms with van der Waals surface area (Å²) in [6.45, 7) is 5.03. The predicted octanol–water partition coefficient (Wildman–Crippen LogP) is 4.67. The highest BCUT2D eigenvalue weighted by atomic mass is 79.9. The van der Waals surface area contributed by atoms with E-state index in [9.17, 15) is 4.39 Å². The fourth-order valence-electron chi connectivity index (χ4n) is 1.93. The summed E-state index contributed by atoms with van der Waals surface area (Å²) < 4.78 is 20.7. The zero-order valence-electron chi connectivity index (χ0n) is 12.2. The Morgan fingerprint density at radius 2 is 1.81 bits per heavy atom. The maximum absolute atomic E-state index is 14.0. The normalized spacial score (nSPS) is 10.9. The molecule has 0 radical (unpaired) electrons. The van der Waals surface area contributed by atoms with Gasteiger partial charge >= 0.3 is 0 Å². The Morgan fingerprint density at radius 3 is 2.52 bits per heavy atom. The first-order chi connectivity index (χ1) is 10.1. The lowest BCUT2D eigenvalue weighted by molar-refractivity contribution is 0.285. The van der Waals surface area contributed by atoms with Gasteiger partial charge in [0.05, 0.1) is 0 Å². The molecule has 0 heterocycles. The molecule has 2 aromatic carbocycles. The van der Waals surface area contributed by atoms with Crippen molar-refractivity contribution in [2.75, 3.05) is 0 Å². The average Bonchev–Trinajstić information content (AvgIpc) is 2.45. The van der Waals surface area contributed by atoms with Crippen molar-refractivity contribution in [2.24, 2.45) is 0 Å². The highest BCUT2D eigenvalue weighted by molar-refractivity contribution is 9.10. The van der Waals surface area contributed by atoms with Crippen LogP contribution >= 0.6 is 15.9 Å². The summed E-state index contributed by atoms with van der Waals surface area (Å²) in [4.78, 5) is 0. The fourth-order valence-corrected chi connectivity index (χ4v) is 2.33. The second-order valence-corrected chi connectivity index (χ2v) is 6.00. The summed E-state index contributed by atoms with van der Waals surface area (Å²) in [6.07, 6.45) is 0. The third kappa shape index (κ3) is 4.55. The molecule has 0 aromatic heterocycles. The van der Waals surface area contributed by atoms with Gasteiger partial charge in [0.15, 0.2) is 11.6 Å². The van der Waals surface area contributed by atoms with Gasteiger partial charge in [-0.05, 0) is 12.1 Å². The first-order valence-electron chi connectivity index (χ1n) is 6.95. The molecule has 0 spiro atoms. The Morgan fingerprint density at radius 1 is 1.10 bits per heavy atom. The van der Waals surface area contributed by atoms with E-state index in [1.54, 1.807) is 6.07 Å². The van der Waals surface area contributed by atoms with Crippen LogP contribution in [0.25, 0.3) is 0 Å². The summed E-state index contributed by atoms with van der Waals surface area (Å²) >= 11 is 3.47. The smallest absolute Gasteiger partial charge is 0.165 e. The molecule has 4 heteroatoms. The lowest BCUT2D eigenvalue weighted by atomic mass is 10.1.